The second-order valence-electron chi connectivity index (χ2n) is 3.75. The van der Waals surface area contributed by atoms with Crippen molar-refractivity contribution in [3.05, 3.63) is 72.3 Å². The summed E-state index contributed by atoms with van der Waals surface area (Å²) in [6.45, 7) is 0.477. The molecule has 0 radical (unpaired) electrons. The first-order valence-electron chi connectivity index (χ1n) is 6.04. The third-order valence-corrected chi connectivity index (χ3v) is 2.40. The highest BCUT2D eigenvalue weighted by atomic mass is 35.5. The highest BCUT2D eigenvalue weighted by Gasteiger charge is 1.95. The van der Waals surface area contributed by atoms with Crippen LogP contribution in [0.5, 0.6) is 6.01 Å². The summed E-state index contributed by atoms with van der Waals surface area (Å²) < 4.78 is 5.33. The van der Waals surface area contributed by atoms with Gasteiger partial charge < -0.3 is 4.74 Å². The van der Waals surface area contributed by atoms with Gasteiger partial charge in [0.15, 0.2) is 0 Å². The third kappa shape index (κ3) is 5.92. The van der Waals surface area contributed by atoms with Crippen LogP contribution in [0, 0.1) is 0 Å². The molecule has 2 heterocycles. The van der Waals surface area contributed by atoms with E-state index in [0.29, 0.717) is 17.6 Å². The molecular formula is C14H12ClN5O. The van der Waals surface area contributed by atoms with Crippen molar-refractivity contribution in [2.24, 2.45) is 0 Å². The summed E-state index contributed by atoms with van der Waals surface area (Å²) in [5.41, 5.74) is 1.09. The molecule has 0 saturated heterocycles. The maximum atomic E-state index is 5.41. The third-order valence-electron chi connectivity index (χ3n) is 2.21. The highest BCUT2D eigenvalue weighted by molar-refractivity contribution is 6.30. The average molecular weight is 302 g/mol. The molecule has 0 aliphatic rings. The first-order chi connectivity index (χ1) is 10.3. The summed E-state index contributed by atoms with van der Waals surface area (Å²) in [5.74, 6) is 0. The van der Waals surface area contributed by atoms with E-state index in [1.807, 2.05) is 30.3 Å². The van der Waals surface area contributed by atoms with Gasteiger partial charge in [-0.1, -0.05) is 41.9 Å². The molecule has 0 saturated carbocycles. The molecule has 1 aromatic carbocycles. The lowest BCUT2D eigenvalue weighted by Gasteiger charge is -2.02. The lowest BCUT2D eigenvalue weighted by Crippen LogP contribution is -1.98. The number of nitrogens with zero attached hydrogens (tertiary/aromatic N) is 5. The fourth-order valence-corrected chi connectivity index (χ4v) is 1.42. The zero-order valence-corrected chi connectivity index (χ0v) is 11.8. The Balaban J connectivity index is 0.000000194. The van der Waals surface area contributed by atoms with Crippen LogP contribution in [0.1, 0.15) is 5.56 Å². The molecule has 2 aromatic heterocycles. The van der Waals surface area contributed by atoms with E-state index >= 15 is 0 Å². The van der Waals surface area contributed by atoms with Gasteiger partial charge in [-0.15, -0.1) is 0 Å². The van der Waals surface area contributed by atoms with Crippen LogP contribution >= 0.6 is 11.6 Å². The Labute approximate surface area is 126 Å². The van der Waals surface area contributed by atoms with E-state index in [-0.39, 0.29) is 0 Å². The molecule has 21 heavy (non-hydrogen) atoms. The molecule has 0 spiro atoms. The van der Waals surface area contributed by atoms with Crippen LogP contribution in [0.15, 0.2) is 61.7 Å². The number of hydrogen-bond acceptors (Lipinski definition) is 6. The van der Waals surface area contributed by atoms with Crippen molar-refractivity contribution in [2.75, 3.05) is 0 Å². The van der Waals surface area contributed by atoms with Gasteiger partial charge in [0, 0.05) is 12.4 Å². The minimum atomic E-state index is 0.351. The first kappa shape index (κ1) is 14.8. The van der Waals surface area contributed by atoms with E-state index in [9.17, 15) is 0 Å². The number of benzene rings is 1. The van der Waals surface area contributed by atoms with Gasteiger partial charge in [-0.05, 0) is 5.56 Å². The average Bonchev–Trinajstić information content (AvgIpc) is 2.56. The number of halogens is 1. The molecule has 0 aliphatic heterocycles. The summed E-state index contributed by atoms with van der Waals surface area (Å²) >= 11 is 5.41. The van der Waals surface area contributed by atoms with Crippen LogP contribution < -0.4 is 4.74 Å². The molecule has 106 valence electrons. The van der Waals surface area contributed by atoms with Crippen LogP contribution in [-0.4, -0.2) is 24.9 Å². The molecule has 0 N–H and O–H groups in total. The van der Waals surface area contributed by atoms with Gasteiger partial charge >= 0.3 is 6.01 Å². The van der Waals surface area contributed by atoms with Crippen molar-refractivity contribution in [1.29, 1.82) is 0 Å². The Morgan fingerprint density at radius 2 is 1.52 bits per heavy atom. The predicted octanol–water partition coefficient (Wildman–Crippen LogP) is 2.58. The SMILES string of the molecule is Clc1cncnc1.c1ccc(COc2ncncn2)cc1. The van der Waals surface area contributed by atoms with Gasteiger partial charge in [0.2, 0.25) is 0 Å². The molecule has 0 aliphatic carbocycles. The maximum absolute atomic E-state index is 5.41. The minimum absolute atomic E-state index is 0.351. The summed E-state index contributed by atoms with van der Waals surface area (Å²) in [4.78, 5) is 18.7. The van der Waals surface area contributed by atoms with E-state index in [4.69, 9.17) is 16.3 Å². The zero-order chi connectivity index (χ0) is 14.8. The monoisotopic (exact) mass is 301 g/mol. The zero-order valence-electron chi connectivity index (χ0n) is 11.0. The van der Waals surface area contributed by atoms with Crippen molar-refractivity contribution < 1.29 is 4.74 Å². The fraction of sp³-hybridized carbons (Fsp3) is 0.0714. The first-order valence-corrected chi connectivity index (χ1v) is 6.41. The topological polar surface area (TPSA) is 73.7 Å². The Hall–Kier alpha value is -2.60. The smallest absolute Gasteiger partial charge is 0.319 e. The van der Waals surface area contributed by atoms with Gasteiger partial charge in [0.25, 0.3) is 0 Å². The maximum Gasteiger partial charge on any atom is 0.319 e. The Morgan fingerprint density at radius 1 is 0.857 bits per heavy atom. The Bertz CT molecular complexity index is 585. The van der Waals surface area contributed by atoms with E-state index in [0.717, 1.165) is 5.56 Å². The lowest BCUT2D eigenvalue weighted by molar-refractivity contribution is 0.279. The fourth-order valence-electron chi connectivity index (χ4n) is 1.31. The summed E-state index contributed by atoms with van der Waals surface area (Å²) in [6, 6.07) is 10.2. The van der Waals surface area contributed by atoms with Gasteiger partial charge in [0.05, 0.1) is 5.02 Å². The Morgan fingerprint density at radius 3 is 2.10 bits per heavy atom. The second kappa shape index (κ2) is 8.55. The van der Waals surface area contributed by atoms with Gasteiger partial charge in [-0.2, -0.15) is 9.97 Å². The van der Waals surface area contributed by atoms with E-state index in [1.165, 1.54) is 31.4 Å². The number of ether oxygens (including phenoxy) is 1. The van der Waals surface area contributed by atoms with Crippen molar-refractivity contribution in [3.8, 4) is 6.01 Å². The minimum Gasteiger partial charge on any atom is -0.459 e. The molecule has 0 atom stereocenters. The van der Waals surface area contributed by atoms with Crippen molar-refractivity contribution >= 4 is 11.6 Å². The predicted molar refractivity (Wildman–Crippen MR) is 77.6 cm³/mol. The molecule has 3 rings (SSSR count). The molecule has 3 aromatic rings. The van der Waals surface area contributed by atoms with Gasteiger partial charge in [-0.3, -0.25) is 0 Å². The molecule has 0 fully saturated rings. The van der Waals surface area contributed by atoms with Crippen molar-refractivity contribution in [3.63, 3.8) is 0 Å². The Kier molecular flexibility index (Phi) is 6.02. The summed E-state index contributed by atoms with van der Waals surface area (Å²) in [6.07, 6.45) is 7.33. The van der Waals surface area contributed by atoms with Crippen molar-refractivity contribution in [2.45, 2.75) is 6.61 Å². The van der Waals surface area contributed by atoms with E-state index < -0.39 is 0 Å². The van der Waals surface area contributed by atoms with Gasteiger partial charge in [-0.25, -0.2) is 15.0 Å². The van der Waals surface area contributed by atoms with E-state index in [1.54, 1.807) is 0 Å². The molecule has 0 amide bonds. The number of aromatic nitrogens is 5. The standard InChI is InChI=1S/C10H9N3O.C4H3ClN2/c1-2-4-9(5-3-1)6-14-10-12-7-11-8-13-10;5-4-1-6-3-7-2-4/h1-5,7-8H,6H2;1-3H. The number of rotatable bonds is 3. The normalized spacial score (nSPS) is 9.38. The van der Waals surface area contributed by atoms with Crippen LogP contribution in [-0.2, 0) is 6.61 Å². The highest BCUT2D eigenvalue weighted by Crippen LogP contribution is 2.03. The lowest BCUT2D eigenvalue weighted by atomic mass is 10.2. The molecule has 6 nitrogen and oxygen atoms in total. The molecule has 0 unspecified atom stereocenters. The number of hydrogen-bond donors (Lipinski definition) is 0. The largest absolute Gasteiger partial charge is 0.459 e. The van der Waals surface area contributed by atoms with Crippen LogP contribution in [0.4, 0.5) is 0 Å². The summed E-state index contributed by atoms with van der Waals surface area (Å²) in [5, 5.41) is 0.572. The van der Waals surface area contributed by atoms with Crippen LogP contribution in [0.2, 0.25) is 5.02 Å². The second-order valence-corrected chi connectivity index (χ2v) is 4.19. The molecule has 0 bridgehead atoms. The quantitative estimate of drug-likeness (QED) is 0.740. The van der Waals surface area contributed by atoms with Crippen LogP contribution in [0.25, 0.3) is 0 Å². The molecular weight excluding hydrogens is 290 g/mol. The van der Waals surface area contributed by atoms with E-state index in [2.05, 4.69) is 24.9 Å². The van der Waals surface area contributed by atoms with Crippen molar-refractivity contribution in [1.82, 2.24) is 24.9 Å². The summed E-state index contributed by atoms with van der Waals surface area (Å²) in [7, 11) is 0. The van der Waals surface area contributed by atoms with Gasteiger partial charge in [0.1, 0.15) is 25.6 Å². The van der Waals surface area contributed by atoms with Crippen LogP contribution in [0.3, 0.4) is 0 Å². The molecule has 7 heteroatoms.